The van der Waals surface area contributed by atoms with Crippen LogP contribution in [0.2, 0.25) is 0 Å². The molecule has 1 atom stereocenters. The van der Waals surface area contributed by atoms with Gasteiger partial charge in [-0.25, -0.2) is 4.79 Å². The predicted molar refractivity (Wildman–Crippen MR) is 102 cm³/mol. The third-order valence-electron chi connectivity index (χ3n) is 4.13. The van der Waals surface area contributed by atoms with Gasteiger partial charge in [-0.2, -0.15) is 0 Å². The van der Waals surface area contributed by atoms with Gasteiger partial charge in [0.2, 0.25) is 0 Å². The topological polar surface area (TPSA) is 73.9 Å². The van der Waals surface area contributed by atoms with Crippen molar-refractivity contribution in [3.63, 3.8) is 0 Å². The lowest BCUT2D eigenvalue weighted by Gasteiger charge is -2.27. The van der Waals surface area contributed by atoms with Crippen molar-refractivity contribution in [3.05, 3.63) is 23.8 Å². The van der Waals surface area contributed by atoms with Crippen LogP contribution in [0.5, 0.6) is 5.75 Å². The fourth-order valence-electron chi connectivity index (χ4n) is 2.40. The Morgan fingerprint density at radius 3 is 2.46 bits per heavy atom. The Kier molecular flexibility index (Phi) is 9.13. The number of carbonyl (C=O) groups is 2. The standard InChI is InChI=1S/C20H31NO5/c1-6-9-12-20(4,24-5)19(23)21-15-10-11-17(26-13-7-2)16(14-15)18(22)25-8-3/h10-11,14H,6-9,12-13H2,1-5H3,(H,21,23)/t20-/m0/s1. The smallest absolute Gasteiger partial charge is 0.341 e. The van der Waals surface area contributed by atoms with Gasteiger partial charge in [0.25, 0.3) is 5.91 Å². The average Bonchev–Trinajstić information content (AvgIpc) is 2.65. The Hall–Kier alpha value is -2.08. The van der Waals surface area contributed by atoms with Crippen LogP contribution in [0.25, 0.3) is 0 Å². The van der Waals surface area contributed by atoms with Gasteiger partial charge in [0.15, 0.2) is 0 Å². The highest BCUT2D eigenvalue weighted by Gasteiger charge is 2.32. The van der Waals surface area contributed by atoms with Crippen LogP contribution in [0, 0.1) is 0 Å². The van der Waals surface area contributed by atoms with Crippen molar-refractivity contribution in [2.45, 2.75) is 59.0 Å². The zero-order valence-electron chi connectivity index (χ0n) is 16.5. The highest BCUT2D eigenvalue weighted by molar-refractivity contribution is 5.99. The minimum absolute atomic E-state index is 0.245. The van der Waals surface area contributed by atoms with Crippen LogP contribution in [0.15, 0.2) is 18.2 Å². The second kappa shape index (κ2) is 10.8. The number of methoxy groups -OCH3 is 1. The highest BCUT2D eigenvalue weighted by Crippen LogP contribution is 2.26. The van der Waals surface area contributed by atoms with E-state index in [0.29, 0.717) is 30.0 Å². The van der Waals surface area contributed by atoms with E-state index in [1.165, 1.54) is 7.11 Å². The summed E-state index contributed by atoms with van der Waals surface area (Å²) in [5, 5.41) is 2.84. The normalized spacial score (nSPS) is 13.0. The Bertz CT molecular complexity index is 602. The van der Waals surface area contributed by atoms with Crippen LogP contribution in [0.1, 0.15) is 63.7 Å². The first-order chi connectivity index (χ1) is 12.4. The molecule has 0 unspecified atom stereocenters. The molecule has 146 valence electrons. The quantitative estimate of drug-likeness (QED) is 0.595. The lowest BCUT2D eigenvalue weighted by molar-refractivity contribution is -0.136. The van der Waals surface area contributed by atoms with E-state index in [4.69, 9.17) is 14.2 Å². The number of hydrogen-bond acceptors (Lipinski definition) is 5. The van der Waals surface area contributed by atoms with E-state index in [2.05, 4.69) is 12.2 Å². The minimum atomic E-state index is -0.919. The van der Waals surface area contributed by atoms with Crippen molar-refractivity contribution in [1.82, 2.24) is 0 Å². The molecule has 1 aromatic carbocycles. The number of rotatable bonds is 11. The summed E-state index contributed by atoms with van der Waals surface area (Å²) in [5.74, 6) is -0.274. The van der Waals surface area contributed by atoms with Gasteiger partial charge in [0, 0.05) is 12.8 Å². The van der Waals surface area contributed by atoms with Gasteiger partial charge >= 0.3 is 5.97 Å². The van der Waals surface area contributed by atoms with Gasteiger partial charge in [-0.15, -0.1) is 0 Å². The van der Waals surface area contributed by atoms with Crippen molar-refractivity contribution < 1.29 is 23.8 Å². The molecule has 26 heavy (non-hydrogen) atoms. The Balaban J connectivity index is 3.03. The van der Waals surface area contributed by atoms with Crippen molar-refractivity contribution >= 4 is 17.6 Å². The lowest BCUT2D eigenvalue weighted by Crippen LogP contribution is -2.41. The van der Waals surface area contributed by atoms with Crippen molar-refractivity contribution in [2.24, 2.45) is 0 Å². The summed E-state index contributed by atoms with van der Waals surface area (Å²) < 4.78 is 16.1. The Morgan fingerprint density at radius 1 is 1.15 bits per heavy atom. The molecule has 0 aliphatic rings. The zero-order valence-corrected chi connectivity index (χ0v) is 16.5. The van der Waals surface area contributed by atoms with E-state index in [1.807, 2.05) is 6.92 Å². The van der Waals surface area contributed by atoms with E-state index >= 15 is 0 Å². The van der Waals surface area contributed by atoms with Crippen molar-refractivity contribution in [1.29, 1.82) is 0 Å². The number of ether oxygens (including phenoxy) is 3. The molecule has 0 bridgehead atoms. The molecule has 0 aliphatic heterocycles. The number of nitrogens with one attached hydrogen (secondary N) is 1. The molecule has 0 aromatic heterocycles. The summed E-state index contributed by atoms with van der Waals surface area (Å²) in [6.07, 6.45) is 3.30. The third-order valence-corrected chi connectivity index (χ3v) is 4.13. The molecule has 0 saturated carbocycles. The van der Waals surface area contributed by atoms with Gasteiger partial charge in [0.1, 0.15) is 16.9 Å². The zero-order chi connectivity index (χ0) is 19.6. The van der Waals surface area contributed by atoms with E-state index < -0.39 is 11.6 Å². The van der Waals surface area contributed by atoms with Crippen molar-refractivity contribution in [3.8, 4) is 5.75 Å². The molecular weight excluding hydrogens is 334 g/mol. The summed E-state index contributed by atoms with van der Waals surface area (Å²) in [7, 11) is 1.53. The minimum Gasteiger partial charge on any atom is -0.493 e. The van der Waals surface area contributed by atoms with Crippen LogP contribution in [0.4, 0.5) is 5.69 Å². The summed E-state index contributed by atoms with van der Waals surface area (Å²) in [6, 6.07) is 4.96. The average molecular weight is 365 g/mol. The van der Waals surface area contributed by atoms with Gasteiger partial charge in [0.05, 0.1) is 13.2 Å². The summed E-state index contributed by atoms with van der Waals surface area (Å²) >= 11 is 0. The number of hydrogen-bond donors (Lipinski definition) is 1. The first kappa shape index (κ1) is 22.0. The molecule has 0 fully saturated rings. The molecule has 0 spiro atoms. The van der Waals surface area contributed by atoms with Crippen LogP contribution in [0.3, 0.4) is 0 Å². The first-order valence-corrected chi connectivity index (χ1v) is 9.22. The molecule has 1 aromatic rings. The van der Waals surface area contributed by atoms with Gasteiger partial charge in [-0.1, -0.05) is 26.7 Å². The number of unbranched alkanes of at least 4 members (excludes halogenated alkanes) is 1. The predicted octanol–water partition coefficient (Wildman–Crippen LogP) is 4.19. The number of esters is 1. The SMILES string of the molecule is CCCC[C@](C)(OC)C(=O)Nc1ccc(OCCC)c(C(=O)OCC)c1. The van der Waals surface area contributed by atoms with E-state index in [-0.39, 0.29) is 12.5 Å². The van der Waals surface area contributed by atoms with Crippen molar-refractivity contribution in [2.75, 3.05) is 25.6 Å². The van der Waals surface area contributed by atoms with E-state index in [9.17, 15) is 9.59 Å². The molecule has 6 nitrogen and oxygen atoms in total. The van der Waals surface area contributed by atoms with Crippen LogP contribution < -0.4 is 10.1 Å². The molecule has 0 heterocycles. The van der Waals surface area contributed by atoms with Crippen LogP contribution >= 0.6 is 0 Å². The fraction of sp³-hybridized carbons (Fsp3) is 0.600. The molecular formula is C20H31NO5. The Morgan fingerprint density at radius 2 is 1.88 bits per heavy atom. The maximum Gasteiger partial charge on any atom is 0.341 e. The largest absolute Gasteiger partial charge is 0.493 e. The molecule has 0 radical (unpaired) electrons. The van der Waals surface area contributed by atoms with E-state index in [1.54, 1.807) is 32.0 Å². The number of amides is 1. The Labute approximate surface area is 156 Å². The van der Waals surface area contributed by atoms with Crippen LogP contribution in [-0.4, -0.2) is 37.8 Å². The third kappa shape index (κ3) is 6.02. The lowest BCUT2D eigenvalue weighted by atomic mass is 9.97. The van der Waals surface area contributed by atoms with Crippen LogP contribution in [-0.2, 0) is 14.3 Å². The summed E-state index contributed by atoms with van der Waals surface area (Å²) in [4.78, 5) is 24.9. The molecule has 0 saturated heterocycles. The maximum atomic E-state index is 12.7. The first-order valence-electron chi connectivity index (χ1n) is 9.22. The van der Waals surface area contributed by atoms with E-state index in [0.717, 1.165) is 19.3 Å². The maximum absolute atomic E-state index is 12.7. The monoisotopic (exact) mass is 365 g/mol. The number of carbonyl (C=O) groups excluding carboxylic acids is 2. The van der Waals surface area contributed by atoms with Gasteiger partial charge in [-0.05, 0) is 44.9 Å². The summed E-state index contributed by atoms with van der Waals surface area (Å²) in [6.45, 7) is 8.32. The molecule has 0 aliphatic carbocycles. The van der Waals surface area contributed by atoms with Gasteiger partial charge < -0.3 is 19.5 Å². The highest BCUT2D eigenvalue weighted by atomic mass is 16.5. The summed E-state index contributed by atoms with van der Waals surface area (Å²) in [5.41, 5.74) is -0.121. The second-order valence-corrected chi connectivity index (χ2v) is 6.27. The molecule has 1 amide bonds. The fourth-order valence-corrected chi connectivity index (χ4v) is 2.40. The molecule has 6 heteroatoms. The van der Waals surface area contributed by atoms with Gasteiger partial charge in [-0.3, -0.25) is 4.79 Å². The number of anilines is 1. The molecule has 1 rings (SSSR count). The molecule has 1 N–H and O–H groups in total. The number of benzene rings is 1. The second-order valence-electron chi connectivity index (χ2n) is 6.27.